The third-order valence-corrected chi connectivity index (χ3v) is 2.26. The summed E-state index contributed by atoms with van der Waals surface area (Å²) in [6.07, 6.45) is 2.40. The summed E-state index contributed by atoms with van der Waals surface area (Å²) in [5.74, 6) is 0.755. The second kappa shape index (κ2) is 5.61. The molecule has 1 atom stereocenters. The molecule has 0 aliphatic rings. The van der Waals surface area contributed by atoms with Gasteiger partial charge in [-0.2, -0.15) is 0 Å². The van der Waals surface area contributed by atoms with E-state index in [1.807, 2.05) is 6.92 Å². The van der Waals surface area contributed by atoms with Gasteiger partial charge in [-0.3, -0.25) is 0 Å². The first-order valence-corrected chi connectivity index (χ1v) is 5.26. The quantitative estimate of drug-likeness (QED) is 0.668. The van der Waals surface area contributed by atoms with Crippen LogP contribution in [0.2, 0.25) is 0 Å². The van der Waals surface area contributed by atoms with Gasteiger partial charge in [0, 0.05) is 11.6 Å². The van der Waals surface area contributed by atoms with E-state index in [-0.39, 0.29) is 18.2 Å². The summed E-state index contributed by atoms with van der Waals surface area (Å²) in [5.41, 5.74) is 0.145. The van der Waals surface area contributed by atoms with E-state index in [1.54, 1.807) is 0 Å². The summed E-state index contributed by atoms with van der Waals surface area (Å²) in [4.78, 5) is 0. The molecule has 0 bridgehead atoms. The molecule has 0 aromatic rings. The summed E-state index contributed by atoms with van der Waals surface area (Å²) in [5, 5.41) is 12.3. The van der Waals surface area contributed by atoms with Crippen molar-refractivity contribution in [1.29, 1.82) is 0 Å². The van der Waals surface area contributed by atoms with E-state index in [4.69, 9.17) is 5.11 Å². The van der Waals surface area contributed by atoms with Gasteiger partial charge < -0.3 is 10.4 Å². The fourth-order valence-corrected chi connectivity index (χ4v) is 1.43. The van der Waals surface area contributed by atoms with Gasteiger partial charge in [-0.05, 0) is 39.5 Å². The Balaban J connectivity index is 3.79. The Labute approximate surface area is 82.7 Å². The van der Waals surface area contributed by atoms with Crippen LogP contribution < -0.4 is 5.32 Å². The van der Waals surface area contributed by atoms with E-state index in [1.165, 1.54) is 6.42 Å². The molecule has 0 heterocycles. The highest BCUT2D eigenvalue weighted by Crippen LogP contribution is 2.16. The number of hydrogen-bond donors (Lipinski definition) is 2. The van der Waals surface area contributed by atoms with Gasteiger partial charge in [0.25, 0.3) is 0 Å². The van der Waals surface area contributed by atoms with Crippen LogP contribution in [0, 0.1) is 5.92 Å². The smallest absolute Gasteiger partial charge is 0.0582 e. The third-order valence-electron chi connectivity index (χ3n) is 2.26. The van der Waals surface area contributed by atoms with Crippen LogP contribution in [0.25, 0.3) is 0 Å². The topological polar surface area (TPSA) is 32.3 Å². The minimum absolute atomic E-state index is 0.145. The SMILES string of the molecule is CC(C)CCC(C)(C)NC(C)CO. The summed E-state index contributed by atoms with van der Waals surface area (Å²) >= 11 is 0. The molecule has 0 aromatic carbocycles. The average molecular weight is 187 g/mol. The van der Waals surface area contributed by atoms with Crippen molar-refractivity contribution in [1.82, 2.24) is 5.32 Å². The third kappa shape index (κ3) is 7.03. The molecule has 0 saturated carbocycles. The molecule has 2 heteroatoms. The maximum atomic E-state index is 8.91. The van der Waals surface area contributed by atoms with Gasteiger partial charge in [0.2, 0.25) is 0 Å². The predicted molar refractivity (Wildman–Crippen MR) is 57.8 cm³/mol. The minimum Gasteiger partial charge on any atom is -0.395 e. The Hall–Kier alpha value is -0.0800. The van der Waals surface area contributed by atoms with Gasteiger partial charge in [0.1, 0.15) is 0 Å². The second-order valence-electron chi connectivity index (χ2n) is 5.04. The first-order chi connectivity index (χ1) is 5.87. The average Bonchev–Trinajstić information content (AvgIpc) is 2.00. The first kappa shape index (κ1) is 12.9. The predicted octanol–water partition coefficient (Wildman–Crippen LogP) is 2.17. The van der Waals surface area contributed by atoms with Crippen LogP contribution in [0.15, 0.2) is 0 Å². The number of hydrogen-bond acceptors (Lipinski definition) is 2. The standard InChI is InChI=1S/C11H25NO/c1-9(2)6-7-11(4,5)12-10(3)8-13/h9-10,12-13H,6-8H2,1-5H3. The largest absolute Gasteiger partial charge is 0.395 e. The Morgan fingerprint density at radius 3 is 2.15 bits per heavy atom. The molecule has 0 spiro atoms. The first-order valence-electron chi connectivity index (χ1n) is 5.26. The normalized spacial score (nSPS) is 15.0. The molecule has 1 unspecified atom stereocenters. The molecule has 0 aliphatic heterocycles. The van der Waals surface area contributed by atoms with Crippen LogP contribution in [0.5, 0.6) is 0 Å². The lowest BCUT2D eigenvalue weighted by Crippen LogP contribution is -2.46. The molecule has 80 valence electrons. The summed E-state index contributed by atoms with van der Waals surface area (Å²) in [6.45, 7) is 11.1. The number of aliphatic hydroxyl groups is 1. The van der Waals surface area contributed by atoms with Gasteiger partial charge in [-0.1, -0.05) is 13.8 Å². The summed E-state index contributed by atoms with van der Waals surface area (Å²) in [6, 6.07) is 0.196. The van der Waals surface area contributed by atoms with E-state index in [2.05, 4.69) is 33.0 Å². The van der Waals surface area contributed by atoms with Gasteiger partial charge in [-0.15, -0.1) is 0 Å². The van der Waals surface area contributed by atoms with Crippen LogP contribution in [0.4, 0.5) is 0 Å². The fraction of sp³-hybridized carbons (Fsp3) is 1.00. The zero-order valence-electron chi connectivity index (χ0n) is 9.72. The highest BCUT2D eigenvalue weighted by Gasteiger charge is 2.19. The molecule has 0 aliphatic carbocycles. The molecule has 0 radical (unpaired) electrons. The zero-order chi connectivity index (χ0) is 10.5. The van der Waals surface area contributed by atoms with E-state index >= 15 is 0 Å². The van der Waals surface area contributed by atoms with Crippen LogP contribution in [0.1, 0.15) is 47.5 Å². The van der Waals surface area contributed by atoms with E-state index in [9.17, 15) is 0 Å². The van der Waals surface area contributed by atoms with Crippen LogP contribution in [-0.4, -0.2) is 23.3 Å². The highest BCUT2D eigenvalue weighted by atomic mass is 16.3. The molecular weight excluding hydrogens is 162 g/mol. The van der Waals surface area contributed by atoms with Crippen molar-refractivity contribution in [2.45, 2.75) is 59.0 Å². The maximum Gasteiger partial charge on any atom is 0.0582 e. The molecular formula is C11H25NO. The van der Waals surface area contributed by atoms with Crippen molar-refractivity contribution in [2.24, 2.45) is 5.92 Å². The highest BCUT2D eigenvalue weighted by molar-refractivity contribution is 4.80. The number of aliphatic hydroxyl groups excluding tert-OH is 1. The van der Waals surface area contributed by atoms with E-state index in [0.717, 1.165) is 12.3 Å². The molecule has 0 aromatic heterocycles. The van der Waals surface area contributed by atoms with Crippen molar-refractivity contribution in [2.75, 3.05) is 6.61 Å². The summed E-state index contributed by atoms with van der Waals surface area (Å²) in [7, 11) is 0. The second-order valence-corrected chi connectivity index (χ2v) is 5.04. The Kier molecular flexibility index (Phi) is 5.57. The van der Waals surface area contributed by atoms with Crippen molar-refractivity contribution in [3.05, 3.63) is 0 Å². The molecule has 13 heavy (non-hydrogen) atoms. The Morgan fingerprint density at radius 1 is 1.23 bits per heavy atom. The number of nitrogens with one attached hydrogen (secondary N) is 1. The van der Waals surface area contributed by atoms with Crippen LogP contribution in [-0.2, 0) is 0 Å². The van der Waals surface area contributed by atoms with Gasteiger partial charge in [0.05, 0.1) is 6.61 Å². The Bertz CT molecular complexity index is 132. The lowest BCUT2D eigenvalue weighted by Gasteiger charge is -2.30. The van der Waals surface area contributed by atoms with E-state index < -0.39 is 0 Å². The van der Waals surface area contributed by atoms with Crippen molar-refractivity contribution >= 4 is 0 Å². The lowest BCUT2D eigenvalue weighted by molar-refractivity contribution is 0.210. The molecule has 0 saturated heterocycles. The monoisotopic (exact) mass is 187 g/mol. The van der Waals surface area contributed by atoms with Crippen LogP contribution in [0.3, 0.4) is 0 Å². The minimum atomic E-state index is 0.145. The number of rotatable bonds is 6. The summed E-state index contributed by atoms with van der Waals surface area (Å²) < 4.78 is 0. The van der Waals surface area contributed by atoms with Gasteiger partial charge >= 0.3 is 0 Å². The van der Waals surface area contributed by atoms with Crippen molar-refractivity contribution in [3.63, 3.8) is 0 Å². The lowest BCUT2D eigenvalue weighted by atomic mass is 9.93. The van der Waals surface area contributed by atoms with Crippen molar-refractivity contribution in [3.8, 4) is 0 Å². The fourth-order valence-electron chi connectivity index (χ4n) is 1.43. The molecule has 0 amide bonds. The van der Waals surface area contributed by atoms with Gasteiger partial charge in [-0.25, -0.2) is 0 Å². The molecule has 0 rings (SSSR count). The van der Waals surface area contributed by atoms with Gasteiger partial charge in [0.15, 0.2) is 0 Å². The molecule has 2 N–H and O–H groups in total. The molecule has 0 fully saturated rings. The zero-order valence-corrected chi connectivity index (χ0v) is 9.72. The Morgan fingerprint density at radius 2 is 1.77 bits per heavy atom. The maximum absolute atomic E-state index is 8.91. The molecule has 2 nitrogen and oxygen atoms in total. The van der Waals surface area contributed by atoms with Crippen LogP contribution >= 0.6 is 0 Å². The van der Waals surface area contributed by atoms with E-state index in [0.29, 0.717) is 0 Å². The van der Waals surface area contributed by atoms with Crippen molar-refractivity contribution < 1.29 is 5.11 Å².